The Balaban J connectivity index is 1.62. The molecule has 0 unspecified atom stereocenters. The van der Waals surface area contributed by atoms with E-state index in [1.807, 2.05) is 60.0 Å². The molecule has 35 heavy (non-hydrogen) atoms. The summed E-state index contributed by atoms with van der Waals surface area (Å²) in [6, 6.07) is 20.1. The number of benzene rings is 3. The van der Waals surface area contributed by atoms with Gasteiger partial charge in [0.2, 0.25) is 6.54 Å². The monoisotopic (exact) mass is 548 g/mol. The molecule has 4 aromatic rings. The maximum absolute atomic E-state index is 11.5. The van der Waals surface area contributed by atoms with Crippen molar-refractivity contribution in [2.75, 3.05) is 6.54 Å². The molecular formula is C24H19Cl3N4O3S. The molecule has 7 nitrogen and oxygen atoms in total. The number of aryl methyl sites for hydroxylation is 1. The van der Waals surface area contributed by atoms with Gasteiger partial charge in [0.05, 0.1) is 10.0 Å². The number of hydrogen-bond donors (Lipinski definition) is 0. The van der Waals surface area contributed by atoms with Crippen LogP contribution in [0.25, 0.3) is 5.69 Å². The summed E-state index contributed by atoms with van der Waals surface area (Å²) in [5, 5.41) is 20.9. The number of aromatic nitrogens is 3. The van der Waals surface area contributed by atoms with E-state index >= 15 is 0 Å². The van der Waals surface area contributed by atoms with E-state index < -0.39 is 5.25 Å². The highest BCUT2D eigenvalue weighted by Crippen LogP contribution is 2.42. The molecular weight excluding hydrogens is 531 g/mol. The Morgan fingerprint density at radius 3 is 2.31 bits per heavy atom. The van der Waals surface area contributed by atoms with E-state index in [2.05, 4.69) is 10.2 Å². The molecule has 1 atom stereocenters. The molecule has 3 aromatic carbocycles. The number of hydrogen-bond acceptors (Lipinski definition) is 6. The Labute approximate surface area is 221 Å². The second-order valence-corrected chi connectivity index (χ2v) is 9.91. The van der Waals surface area contributed by atoms with Gasteiger partial charge in [0, 0.05) is 21.2 Å². The summed E-state index contributed by atoms with van der Waals surface area (Å²) in [7, 11) is 0. The first kappa shape index (κ1) is 25.3. The zero-order chi connectivity index (χ0) is 24.9. The van der Waals surface area contributed by atoms with Gasteiger partial charge in [-0.05, 0) is 42.8 Å². The molecule has 0 amide bonds. The molecule has 0 N–H and O–H groups in total. The third kappa shape index (κ3) is 6.08. The molecule has 1 aromatic heterocycles. The van der Waals surface area contributed by atoms with Crippen molar-refractivity contribution >= 4 is 46.6 Å². The Hall–Kier alpha value is -2.78. The normalized spacial score (nSPS) is 11.9. The van der Waals surface area contributed by atoms with Crippen LogP contribution in [-0.4, -0.2) is 26.2 Å². The summed E-state index contributed by atoms with van der Waals surface area (Å²) in [5.74, 6) is 0.947. The minimum absolute atomic E-state index is 0.172. The molecule has 0 saturated heterocycles. The molecule has 11 heteroatoms. The van der Waals surface area contributed by atoms with Gasteiger partial charge in [-0.1, -0.05) is 83.0 Å². The van der Waals surface area contributed by atoms with Crippen molar-refractivity contribution in [3.8, 4) is 11.4 Å². The van der Waals surface area contributed by atoms with Crippen molar-refractivity contribution in [1.29, 1.82) is 0 Å². The predicted octanol–water partition coefficient (Wildman–Crippen LogP) is 7.23. The van der Waals surface area contributed by atoms with Crippen LogP contribution in [0.1, 0.15) is 22.2 Å². The number of ether oxygens (including phenoxy) is 1. The highest BCUT2D eigenvalue weighted by molar-refractivity contribution is 7.99. The van der Waals surface area contributed by atoms with E-state index in [1.165, 1.54) is 11.8 Å². The van der Waals surface area contributed by atoms with E-state index in [-0.39, 0.29) is 33.9 Å². The van der Waals surface area contributed by atoms with E-state index in [4.69, 9.17) is 39.5 Å². The van der Waals surface area contributed by atoms with Gasteiger partial charge in [-0.15, -0.1) is 10.2 Å². The quantitative estimate of drug-likeness (QED) is 0.124. The summed E-state index contributed by atoms with van der Waals surface area (Å²) in [5.41, 5.74) is 2.21. The largest absolute Gasteiger partial charge is 0.486 e. The van der Waals surface area contributed by atoms with E-state index in [0.29, 0.717) is 21.6 Å². The van der Waals surface area contributed by atoms with E-state index in [1.54, 1.807) is 18.2 Å². The first-order valence-corrected chi connectivity index (χ1v) is 12.5. The van der Waals surface area contributed by atoms with Gasteiger partial charge in [-0.3, -0.25) is 14.7 Å². The smallest absolute Gasteiger partial charge is 0.220 e. The molecule has 1 heterocycles. The molecule has 180 valence electrons. The number of halogens is 3. The second-order valence-electron chi connectivity index (χ2n) is 7.52. The maximum Gasteiger partial charge on any atom is 0.220 e. The van der Waals surface area contributed by atoms with Gasteiger partial charge in [-0.25, -0.2) is 0 Å². The molecule has 0 saturated carbocycles. The Morgan fingerprint density at radius 2 is 1.66 bits per heavy atom. The van der Waals surface area contributed by atoms with Gasteiger partial charge in [-0.2, -0.15) is 0 Å². The minimum Gasteiger partial charge on any atom is -0.486 e. The van der Waals surface area contributed by atoms with Crippen LogP contribution in [0.5, 0.6) is 5.75 Å². The average Bonchev–Trinajstić information content (AvgIpc) is 3.19. The van der Waals surface area contributed by atoms with Crippen LogP contribution < -0.4 is 4.74 Å². The number of thioether (sulfide) groups is 1. The lowest BCUT2D eigenvalue weighted by Crippen LogP contribution is -2.11. The van der Waals surface area contributed by atoms with Gasteiger partial charge in [0.1, 0.15) is 17.7 Å². The number of para-hydroxylation sites is 1. The predicted molar refractivity (Wildman–Crippen MR) is 139 cm³/mol. The topological polar surface area (TPSA) is 83.1 Å². The third-order valence-corrected chi connectivity index (χ3v) is 7.21. The van der Waals surface area contributed by atoms with Crippen LogP contribution in [-0.2, 0) is 6.61 Å². The zero-order valence-electron chi connectivity index (χ0n) is 18.4. The SMILES string of the molecule is Cc1nnc(S[C@@H](C[N+](=O)[O-])c2cc(Cl)c(OCc3ccccc3Cl)c(Cl)c2)n1-c1ccccc1. The number of rotatable bonds is 9. The summed E-state index contributed by atoms with van der Waals surface area (Å²) in [4.78, 5) is 11.1. The highest BCUT2D eigenvalue weighted by atomic mass is 35.5. The molecule has 0 aliphatic carbocycles. The fourth-order valence-corrected chi connectivity index (χ4v) is 5.39. The lowest BCUT2D eigenvalue weighted by Gasteiger charge is -2.17. The van der Waals surface area contributed by atoms with Crippen LogP contribution in [0.3, 0.4) is 0 Å². The van der Waals surface area contributed by atoms with Crippen LogP contribution >= 0.6 is 46.6 Å². The molecule has 0 bridgehead atoms. The van der Waals surface area contributed by atoms with E-state index in [0.717, 1.165) is 11.3 Å². The van der Waals surface area contributed by atoms with Crippen molar-refractivity contribution in [2.24, 2.45) is 0 Å². The second kappa shape index (κ2) is 11.3. The zero-order valence-corrected chi connectivity index (χ0v) is 21.5. The van der Waals surface area contributed by atoms with Gasteiger partial charge in [0.15, 0.2) is 10.9 Å². The fraction of sp³-hybridized carbons (Fsp3) is 0.167. The van der Waals surface area contributed by atoms with E-state index in [9.17, 15) is 10.1 Å². The molecule has 4 rings (SSSR count). The standard InChI is InChI=1S/C24H19Cl3N4O3S/c1-15-28-29-24(31(15)18-8-3-2-4-9-18)35-22(13-30(32)33)17-11-20(26)23(21(27)12-17)34-14-16-7-5-6-10-19(16)25/h2-12,22H,13-14H2,1H3/t22-/m0/s1. The fourth-order valence-electron chi connectivity index (χ4n) is 3.44. The molecule has 0 aliphatic heterocycles. The summed E-state index contributed by atoms with van der Waals surface area (Å²) >= 11 is 20.4. The van der Waals surface area contributed by atoms with Crippen LogP contribution in [0, 0.1) is 17.0 Å². The Kier molecular flexibility index (Phi) is 8.18. The van der Waals surface area contributed by atoms with Crippen molar-refractivity contribution in [2.45, 2.75) is 23.9 Å². The Bertz CT molecular complexity index is 1330. The maximum atomic E-state index is 11.5. The molecule has 0 spiro atoms. The van der Waals surface area contributed by atoms with Crippen molar-refractivity contribution in [3.63, 3.8) is 0 Å². The van der Waals surface area contributed by atoms with Crippen molar-refractivity contribution < 1.29 is 9.66 Å². The van der Waals surface area contributed by atoms with Crippen LogP contribution in [0.4, 0.5) is 0 Å². The third-order valence-electron chi connectivity index (χ3n) is 5.09. The Morgan fingerprint density at radius 1 is 1.00 bits per heavy atom. The molecule has 0 radical (unpaired) electrons. The van der Waals surface area contributed by atoms with Gasteiger partial charge < -0.3 is 4.74 Å². The average molecular weight is 550 g/mol. The van der Waals surface area contributed by atoms with Gasteiger partial charge in [0.25, 0.3) is 0 Å². The number of nitrogens with zero attached hydrogens (tertiary/aromatic N) is 4. The van der Waals surface area contributed by atoms with Crippen molar-refractivity contribution in [1.82, 2.24) is 14.8 Å². The van der Waals surface area contributed by atoms with Crippen molar-refractivity contribution in [3.05, 3.63) is 109 Å². The van der Waals surface area contributed by atoms with Crippen LogP contribution in [0.15, 0.2) is 71.9 Å². The molecule has 0 fully saturated rings. The summed E-state index contributed by atoms with van der Waals surface area (Å²) < 4.78 is 7.68. The highest BCUT2D eigenvalue weighted by Gasteiger charge is 2.26. The number of nitro groups is 1. The summed E-state index contributed by atoms with van der Waals surface area (Å²) in [6.07, 6.45) is 0. The van der Waals surface area contributed by atoms with Crippen LogP contribution in [0.2, 0.25) is 15.1 Å². The molecule has 0 aliphatic rings. The lowest BCUT2D eigenvalue weighted by molar-refractivity contribution is -0.479. The first-order chi connectivity index (χ1) is 16.8. The van der Waals surface area contributed by atoms with Gasteiger partial charge >= 0.3 is 0 Å². The minimum atomic E-state index is -0.622. The lowest BCUT2D eigenvalue weighted by atomic mass is 10.1. The summed E-state index contributed by atoms with van der Waals surface area (Å²) in [6.45, 7) is 1.63. The first-order valence-electron chi connectivity index (χ1n) is 10.4.